The Morgan fingerprint density at radius 3 is 2.59 bits per heavy atom. The maximum Gasteiger partial charge on any atom is 0.344 e. The summed E-state index contributed by atoms with van der Waals surface area (Å²) in [5.41, 5.74) is 3.08. The molecule has 0 amide bonds. The SMILES string of the molecule is COc1cc(C#N)ccc1OC(=O)c1cc(-c2cc(C)sc2C)nc2c1cnn2C(C)C. The van der Waals surface area contributed by atoms with Crippen LogP contribution >= 0.6 is 11.3 Å². The molecule has 0 radical (unpaired) electrons. The van der Waals surface area contributed by atoms with Crippen molar-refractivity contribution in [1.29, 1.82) is 5.26 Å². The number of nitriles is 1. The standard InChI is InChI=1S/C24H22N4O3S/c1-13(2)28-23-19(12-26-28)18(10-20(27-23)17-8-14(3)32-15(17)4)24(29)31-21-7-6-16(11-25)9-22(21)30-5/h6-10,12-13H,1-5H3. The Kier molecular flexibility index (Phi) is 5.68. The second-order valence-corrected chi connectivity index (χ2v) is 9.13. The summed E-state index contributed by atoms with van der Waals surface area (Å²) in [5, 5.41) is 14.2. The van der Waals surface area contributed by atoms with E-state index in [1.165, 1.54) is 18.1 Å². The lowest BCUT2D eigenvalue weighted by Crippen LogP contribution is -2.11. The molecule has 1 aromatic carbocycles. The number of pyridine rings is 1. The van der Waals surface area contributed by atoms with Crippen LogP contribution in [0.5, 0.6) is 11.5 Å². The van der Waals surface area contributed by atoms with Gasteiger partial charge in [0.05, 0.1) is 41.6 Å². The maximum absolute atomic E-state index is 13.3. The molecule has 4 aromatic rings. The van der Waals surface area contributed by atoms with Crippen LogP contribution in [0.25, 0.3) is 22.3 Å². The van der Waals surface area contributed by atoms with E-state index in [0.29, 0.717) is 33.6 Å². The molecular weight excluding hydrogens is 424 g/mol. The van der Waals surface area contributed by atoms with Crippen molar-refractivity contribution in [2.24, 2.45) is 0 Å². The van der Waals surface area contributed by atoms with Crippen LogP contribution in [-0.2, 0) is 0 Å². The van der Waals surface area contributed by atoms with E-state index in [9.17, 15) is 4.79 Å². The molecule has 0 saturated heterocycles. The highest BCUT2D eigenvalue weighted by Gasteiger charge is 2.22. The third kappa shape index (κ3) is 3.83. The quantitative estimate of drug-likeness (QED) is 0.299. The average Bonchev–Trinajstić information content (AvgIpc) is 3.35. The van der Waals surface area contributed by atoms with Gasteiger partial charge in [-0.05, 0) is 52.0 Å². The summed E-state index contributed by atoms with van der Waals surface area (Å²) < 4.78 is 12.8. The second-order valence-electron chi connectivity index (χ2n) is 7.67. The number of fused-ring (bicyclic) bond motifs is 1. The van der Waals surface area contributed by atoms with Crippen molar-refractivity contribution in [3.8, 4) is 28.8 Å². The molecule has 0 atom stereocenters. The van der Waals surface area contributed by atoms with Crippen LogP contribution in [0, 0.1) is 25.2 Å². The van der Waals surface area contributed by atoms with Crippen molar-refractivity contribution in [3.05, 3.63) is 57.4 Å². The first-order chi connectivity index (χ1) is 15.3. The minimum Gasteiger partial charge on any atom is -0.493 e. The van der Waals surface area contributed by atoms with Crippen LogP contribution < -0.4 is 9.47 Å². The molecule has 3 heterocycles. The number of rotatable bonds is 5. The van der Waals surface area contributed by atoms with Gasteiger partial charge in [0.15, 0.2) is 17.1 Å². The van der Waals surface area contributed by atoms with E-state index in [2.05, 4.69) is 11.2 Å². The molecule has 8 heteroatoms. The van der Waals surface area contributed by atoms with Crippen molar-refractivity contribution in [2.45, 2.75) is 33.7 Å². The highest BCUT2D eigenvalue weighted by atomic mass is 32.1. The van der Waals surface area contributed by atoms with E-state index in [1.54, 1.807) is 40.4 Å². The zero-order chi connectivity index (χ0) is 23.0. The maximum atomic E-state index is 13.3. The van der Waals surface area contributed by atoms with Crippen molar-refractivity contribution in [3.63, 3.8) is 0 Å². The summed E-state index contributed by atoms with van der Waals surface area (Å²) in [6.07, 6.45) is 1.64. The van der Waals surface area contributed by atoms with Crippen molar-refractivity contribution >= 4 is 28.3 Å². The van der Waals surface area contributed by atoms with Crippen molar-refractivity contribution in [2.75, 3.05) is 7.11 Å². The molecule has 0 unspecified atom stereocenters. The van der Waals surface area contributed by atoms with Crippen LogP contribution in [0.2, 0.25) is 0 Å². The third-order valence-corrected chi connectivity index (χ3v) is 6.05. The number of nitrogens with zero attached hydrogens (tertiary/aromatic N) is 4. The van der Waals surface area contributed by atoms with Crippen molar-refractivity contribution < 1.29 is 14.3 Å². The van der Waals surface area contributed by atoms with Crippen LogP contribution in [0.1, 0.15) is 45.6 Å². The molecule has 0 saturated carbocycles. The van der Waals surface area contributed by atoms with Crippen LogP contribution in [0.3, 0.4) is 0 Å². The van der Waals surface area contributed by atoms with E-state index in [0.717, 1.165) is 10.4 Å². The Bertz CT molecular complexity index is 1380. The predicted octanol–water partition coefficient (Wildman–Crippen LogP) is 5.46. The van der Waals surface area contributed by atoms with E-state index >= 15 is 0 Å². The van der Waals surface area contributed by atoms with E-state index in [1.807, 2.05) is 33.8 Å². The first-order valence-electron chi connectivity index (χ1n) is 10.1. The fourth-order valence-electron chi connectivity index (χ4n) is 3.56. The van der Waals surface area contributed by atoms with Gasteiger partial charge in [0.2, 0.25) is 0 Å². The van der Waals surface area contributed by atoms with Gasteiger partial charge in [0.25, 0.3) is 0 Å². The molecule has 0 spiro atoms. The number of esters is 1. The van der Waals surface area contributed by atoms with Crippen molar-refractivity contribution in [1.82, 2.24) is 14.8 Å². The topological polar surface area (TPSA) is 90.0 Å². The van der Waals surface area contributed by atoms with Crippen LogP contribution in [0.15, 0.2) is 36.5 Å². The van der Waals surface area contributed by atoms with Gasteiger partial charge >= 0.3 is 5.97 Å². The molecule has 0 aliphatic rings. The molecule has 7 nitrogen and oxygen atoms in total. The zero-order valence-corrected chi connectivity index (χ0v) is 19.3. The number of hydrogen-bond donors (Lipinski definition) is 0. The molecule has 162 valence electrons. The van der Waals surface area contributed by atoms with Gasteiger partial charge in [0.1, 0.15) is 0 Å². The summed E-state index contributed by atoms with van der Waals surface area (Å²) in [6.45, 7) is 8.11. The van der Waals surface area contributed by atoms with Gasteiger partial charge in [0, 0.05) is 27.4 Å². The molecule has 32 heavy (non-hydrogen) atoms. The Morgan fingerprint density at radius 1 is 1.19 bits per heavy atom. The molecule has 0 aliphatic carbocycles. The zero-order valence-electron chi connectivity index (χ0n) is 18.5. The minimum atomic E-state index is -0.547. The number of hydrogen-bond acceptors (Lipinski definition) is 7. The van der Waals surface area contributed by atoms with Crippen LogP contribution in [0.4, 0.5) is 0 Å². The molecular formula is C24H22N4O3S. The Labute approximate surface area is 189 Å². The summed E-state index contributed by atoms with van der Waals surface area (Å²) in [4.78, 5) is 20.4. The largest absolute Gasteiger partial charge is 0.493 e. The van der Waals surface area contributed by atoms with E-state index in [4.69, 9.17) is 19.7 Å². The molecule has 0 N–H and O–H groups in total. The number of thiophene rings is 1. The first kappa shape index (κ1) is 21.5. The normalized spacial score (nSPS) is 11.0. The van der Waals surface area contributed by atoms with Gasteiger partial charge in [-0.25, -0.2) is 14.5 Å². The molecule has 0 bridgehead atoms. The minimum absolute atomic E-state index is 0.0723. The predicted molar refractivity (Wildman–Crippen MR) is 123 cm³/mol. The van der Waals surface area contributed by atoms with E-state index in [-0.39, 0.29) is 11.8 Å². The van der Waals surface area contributed by atoms with Gasteiger partial charge in [-0.2, -0.15) is 10.4 Å². The highest BCUT2D eigenvalue weighted by molar-refractivity contribution is 7.12. The number of aromatic nitrogens is 3. The Balaban J connectivity index is 1.85. The molecule has 0 aliphatic heterocycles. The lowest BCUT2D eigenvalue weighted by atomic mass is 10.1. The van der Waals surface area contributed by atoms with Crippen LogP contribution in [-0.4, -0.2) is 27.8 Å². The average molecular weight is 447 g/mol. The number of carbonyl (C=O) groups is 1. The summed E-state index contributed by atoms with van der Waals surface area (Å²) >= 11 is 1.69. The summed E-state index contributed by atoms with van der Waals surface area (Å²) in [5.74, 6) is 0.00138. The smallest absolute Gasteiger partial charge is 0.344 e. The number of aryl methyl sites for hydroxylation is 2. The lowest BCUT2D eigenvalue weighted by Gasteiger charge is -2.12. The Hall–Kier alpha value is -3.70. The number of ether oxygens (including phenoxy) is 2. The van der Waals surface area contributed by atoms with Gasteiger partial charge in [-0.15, -0.1) is 11.3 Å². The molecule has 4 rings (SSSR count). The number of carbonyl (C=O) groups excluding carboxylic acids is 1. The number of benzene rings is 1. The lowest BCUT2D eigenvalue weighted by molar-refractivity contribution is 0.0731. The number of methoxy groups -OCH3 is 1. The highest BCUT2D eigenvalue weighted by Crippen LogP contribution is 2.34. The fourth-order valence-corrected chi connectivity index (χ4v) is 4.50. The summed E-state index contributed by atoms with van der Waals surface area (Å²) in [7, 11) is 1.46. The first-order valence-corrected chi connectivity index (χ1v) is 10.9. The second kappa shape index (κ2) is 8.44. The third-order valence-electron chi connectivity index (χ3n) is 5.09. The molecule has 0 fully saturated rings. The summed E-state index contributed by atoms with van der Waals surface area (Å²) in [6, 6.07) is 10.6. The molecule has 3 aromatic heterocycles. The van der Waals surface area contributed by atoms with Gasteiger partial charge in [-0.1, -0.05) is 0 Å². The van der Waals surface area contributed by atoms with Gasteiger partial charge < -0.3 is 9.47 Å². The van der Waals surface area contributed by atoms with E-state index < -0.39 is 5.97 Å². The fraction of sp³-hybridized carbons (Fsp3) is 0.250. The monoisotopic (exact) mass is 446 g/mol. The van der Waals surface area contributed by atoms with Gasteiger partial charge in [-0.3, -0.25) is 0 Å². The Morgan fingerprint density at radius 2 is 1.97 bits per heavy atom.